The summed E-state index contributed by atoms with van der Waals surface area (Å²) >= 11 is 8.15. The Bertz CT molecular complexity index is 638. The standard InChI is InChI=1S/C15H12ClIO2/c1-9-4-3-5-11(14(9)17)15(18)12-8-10(16)6-7-13(12)19-2/h3-8H,1-2H3. The van der Waals surface area contributed by atoms with Crippen molar-refractivity contribution in [1.82, 2.24) is 0 Å². The van der Waals surface area contributed by atoms with Gasteiger partial charge in [0.05, 0.1) is 12.7 Å². The molecule has 0 radical (unpaired) electrons. The van der Waals surface area contributed by atoms with Crippen molar-refractivity contribution in [2.75, 3.05) is 7.11 Å². The molecule has 98 valence electrons. The highest BCUT2D eigenvalue weighted by molar-refractivity contribution is 14.1. The predicted octanol–water partition coefficient (Wildman–Crippen LogP) is 4.49. The number of ether oxygens (including phenoxy) is 1. The molecule has 2 rings (SSSR count). The molecular formula is C15H12ClIO2. The summed E-state index contributed by atoms with van der Waals surface area (Å²) in [5.74, 6) is 0.458. The van der Waals surface area contributed by atoms with Crippen molar-refractivity contribution >= 4 is 40.0 Å². The summed E-state index contributed by atoms with van der Waals surface area (Å²) in [6.07, 6.45) is 0. The zero-order valence-corrected chi connectivity index (χ0v) is 13.4. The Morgan fingerprint density at radius 2 is 1.95 bits per heavy atom. The molecule has 0 amide bonds. The Morgan fingerprint density at radius 1 is 1.21 bits per heavy atom. The fraction of sp³-hybridized carbons (Fsp3) is 0.133. The van der Waals surface area contributed by atoms with Crippen molar-refractivity contribution in [3.63, 3.8) is 0 Å². The molecule has 0 spiro atoms. The van der Waals surface area contributed by atoms with Gasteiger partial charge < -0.3 is 4.74 Å². The van der Waals surface area contributed by atoms with Crippen LogP contribution < -0.4 is 4.74 Å². The Hall–Kier alpha value is -1.07. The number of hydrogen-bond donors (Lipinski definition) is 0. The van der Waals surface area contributed by atoms with Gasteiger partial charge in [0.15, 0.2) is 5.78 Å². The van der Waals surface area contributed by atoms with Gasteiger partial charge in [-0.25, -0.2) is 0 Å². The van der Waals surface area contributed by atoms with Crippen LogP contribution in [0.15, 0.2) is 36.4 Å². The third kappa shape index (κ3) is 2.92. The number of rotatable bonds is 3. The number of methoxy groups -OCH3 is 1. The van der Waals surface area contributed by atoms with Gasteiger partial charge in [-0.15, -0.1) is 0 Å². The molecule has 0 unspecified atom stereocenters. The number of halogens is 2. The number of carbonyl (C=O) groups excluding carboxylic acids is 1. The van der Waals surface area contributed by atoms with E-state index in [1.807, 2.05) is 25.1 Å². The van der Waals surface area contributed by atoms with E-state index in [0.717, 1.165) is 9.13 Å². The Kier molecular flexibility index (Phi) is 4.47. The topological polar surface area (TPSA) is 26.3 Å². The lowest BCUT2D eigenvalue weighted by Crippen LogP contribution is -2.06. The summed E-state index contributed by atoms with van der Waals surface area (Å²) in [5, 5.41) is 0.520. The zero-order valence-electron chi connectivity index (χ0n) is 10.5. The molecule has 0 saturated heterocycles. The van der Waals surface area contributed by atoms with E-state index in [4.69, 9.17) is 16.3 Å². The molecule has 0 aliphatic carbocycles. The summed E-state index contributed by atoms with van der Waals surface area (Å²) in [5.41, 5.74) is 2.23. The average Bonchev–Trinajstić information content (AvgIpc) is 2.41. The monoisotopic (exact) mass is 386 g/mol. The number of carbonyl (C=O) groups is 1. The summed E-state index contributed by atoms with van der Waals surface area (Å²) in [6.45, 7) is 1.98. The van der Waals surface area contributed by atoms with Gasteiger partial charge in [-0.2, -0.15) is 0 Å². The van der Waals surface area contributed by atoms with Crippen LogP contribution in [-0.4, -0.2) is 12.9 Å². The lowest BCUT2D eigenvalue weighted by molar-refractivity contribution is 0.103. The Morgan fingerprint density at radius 3 is 2.63 bits per heavy atom. The van der Waals surface area contributed by atoms with Gasteiger partial charge in [0, 0.05) is 14.2 Å². The van der Waals surface area contributed by atoms with E-state index in [1.165, 1.54) is 0 Å². The van der Waals surface area contributed by atoms with Crippen LogP contribution in [-0.2, 0) is 0 Å². The van der Waals surface area contributed by atoms with Crippen LogP contribution in [0.1, 0.15) is 21.5 Å². The van der Waals surface area contributed by atoms with Crippen LogP contribution in [0.5, 0.6) is 5.75 Å². The maximum absolute atomic E-state index is 12.6. The van der Waals surface area contributed by atoms with E-state index >= 15 is 0 Å². The highest BCUT2D eigenvalue weighted by Gasteiger charge is 2.18. The van der Waals surface area contributed by atoms with Crippen molar-refractivity contribution < 1.29 is 9.53 Å². The number of hydrogen-bond acceptors (Lipinski definition) is 2. The molecule has 19 heavy (non-hydrogen) atoms. The van der Waals surface area contributed by atoms with Gasteiger partial charge in [0.2, 0.25) is 0 Å². The van der Waals surface area contributed by atoms with Crippen molar-refractivity contribution in [2.45, 2.75) is 6.92 Å². The first kappa shape index (κ1) is 14.3. The molecule has 2 nitrogen and oxygen atoms in total. The lowest BCUT2D eigenvalue weighted by Gasteiger charge is -2.10. The number of benzene rings is 2. The zero-order chi connectivity index (χ0) is 14.0. The summed E-state index contributed by atoms with van der Waals surface area (Å²) in [7, 11) is 1.54. The van der Waals surface area contributed by atoms with Crippen LogP contribution in [0.4, 0.5) is 0 Å². The third-order valence-corrected chi connectivity index (χ3v) is 4.51. The molecule has 0 aliphatic rings. The van der Waals surface area contributed by atoms with Gasteiger partial charge in [-0.1, -0.05) is 23.7 Å². The van der Waals surface area contributed by atoms with Crippen molar-refractivity contribution in [3.05, 3.63) is 61.7 Å². The molecule has 0 N–H and O–H groups in total. The van der Waals surface area contributed by atoms with E-state index < -0.39 is 0 Å². The molecule has 0 aromatic heterocycles. The van der Waals surface area contributed by atoms with Gasteiger partial charge in [0.1, 0.15) is 5.75 Å². The summed E-state index contributed by atoms with van der Waals surface area (Å²) in [4.78, 5) is 12.6. The van der Waals surface area contributed by atoms with E-state index in [-0.39, 0.29) is 5.78 Å². The molecule has 0 atom stereocenters. The molecule has 0 heterocycles. The molecule has 0 aliphatic heterocycles. The van der Waals surface area contributed by atoms with E-state index in [2.05, 4.69) is 22.6 Å². The fourth-order valence-electron chi connectivity index (χ4n) is 1.83. The van der Waals surface area contributed by atoms with E-state index in [1.54, 1.807) is 25.3 Å². The second-order valence-corrected chi connectivity index (χ2v) is 5.63. The fourth-order valence-corrected chi connectivity index (χ4v) is 2.60. The molecule has 2 aromatic carbocycles. The summed E-state index contributed by atoms with van der Waals surface area (Å²) in [6, 6.07) is 10.7. The van der Waals surface area contributed by atoms with Gasteiger partial charge in [-0.05, 0) is 59.3 Å². The van der Waals surface area contributed by atoms with E-state index in [0.29, 0.717) is 21.9 Å². The molecular weight excluding hydrogens is 375 g/mol. The van der Waals surface area contributed by atoms with Gasteiger partial charge in [0.25, 0.3) is 0 Å². The number of aryl methyl sites for hydroxylation is 1. The van der Waals surface area contributed by atoms with Crippen LogP contribution >= 0.6 is 34.2 Å². The molecule has 4 heteroatoms. The molecule has 2 aromatic rings. The third-order valence-electron chi connectivity index (χ3n) is 2.84. The Balaban J connectivity index is 2.56. The molecule has 0 bridgehead atoms. The largest absolute Gasteiger partial charge is 0.496 e. The van der Waals surface area contributed by atoms with Crippen molar-refractivity contribution in [3.8, 4) is 5.75 Å². The second kappa shape index (κ2) is 5.92. The lowest BCUT2D eigenvalue weighted by atomic mass is 10.0. The predicted molar refractivity (Wildman–Crippen MR) is 85.3 cm³/mol. The SMILES string of the molecule is COc1ccc(Cl)cc1C(=O)c1cccc(C)c1I. The smallest absolute Gasteiger partial charge is 0.197 e. The van der Waals surface area contributed by atoms with Gasteiger partial charge in [-0.3, -0.25) is 4.79 Å². The van der Waals surface area contributed by atoms with Crippen molar-refractivity contribution in [1.29, 1.82) is 0 Å². The number of ketones is 1. The van der Waals surface area contributed by atoms with Crippen LogP contribution in [0.25, 0.3) is 0 Å². The minimum absolute atomic E-state index is 0.0764. The first-order valence-corrected chi connectivity index (χ1v) is 7.13. The minimum atomic E-state index is -0.0764. The molecule has 0 fully saturated rings. The normalized spacial score (nSPS) is 10.3. The highest BCUT2D eigenvalue weighted by Crippen LogP contribution is 2.27. The maximum atomic E-state index is 12.6. The average molecular weight is 387 g/mol. The minimum Gasteiger partial charge on any atom is -0.496 e. The second-order valence-electron chi connectivity index (χ2n) is 4.11. The van der Waals surface area contributed by atoms with Crippen LogP contribution in [0.2, 0.25) is 5.02 Å². The summed E-state index contributed by atoms with van der Waals surface area (Å²) < 4.78 is 6.18. The first-order chi connectivity index (χ1) is 9.04. The van der Waals surface area contributed by atoms with E-state index in [9.17, 15) is 4.79 Å². The van der Waals surface area contributed by atoms with Crippen LogP contribution in [0, 0.1) is 10.5 Å². The van der Waals surface area contributed by atoms with Crippen LogP contribution in [0.3, 0.4) is 0 Å². The first-order valence-electron chi connectivity index (χ1n) is 5.68. The quantitative estimate of drug-likeness (QED) is 0.574. The highest BCUT2D eigenvalue weighted by atomic mass is 127. The Labute approximate surface area is 130 Å². The maximum Gasteiger partial charge on any atom is 0.197 e. The van der Waals surface area contributed by atoms with Crippen molar-refractivity contribution in [2.24, 2.45) is 0 Å². The van der Waals surface area contributed by atoms with Gasteiger partial charge >= 0.3 is 0 Å². The molecule has 0 saturated carbocycles.